The van der Waals surface area contributed by atoms with Crippen LogP contribution in [0, 0.1) is 58.6 Å². The lowest BCUT2D eigenvalue weighted by Crippen LogP contribution is -2.23. The molecule has 0 amide bonds. The molecule has 0 aliphatic heterocycles. The third kappa shape index (κ3) is 7.96. The summed E-state index contributed by atoms with van der Waals surface area (Å²) in [6.45, 7) is 2.07. The molecule has 0 radical (unpaired) electrons. The Bertz CT molecular complexity index is 1750. The number of hydrogen-bond donors (Lipinski definition) is 0. The Kier molecular flexibility index (Phi) is 9.77. The Morgan fingerprint density at radius 1 is 0.605 bits per heavy atom. The van der Waals surface area contributed by atoms with Crippen molar-refractivity contribution >= 4 is 0 Å². The average Bonchev–Trinajstić information content (AvgIpc) is 2.95. The van der Waals surface area contributed by atoms with Crippen molar-refractivity contribution in [1.29, 1.82) is 0 Å². The standard InChI is InChI=1S/C34H22F8O/c1-2-3-4-5-21-6-10-24(28(35)16-21)11-7-22-9-15-27(30(37)17-22)34(41,42)43-26-14-13-25(29(36)20-26)12-8-23-18-31(38)33(40)32(39)19-23/h6,9-10,13-20H,2-5H2,1H3. The van der Waals surface area contributed by atoms with Crippen molar-refractivity contribution < 1.29 is 39.9 Å². The first-order valence-corrected chi connectivity index (χ1v) is 13.1. The van der Waals surface area contributed by atoms with Gasteiger partial charge >= 0.3 is 6.11 Å². The molecular formula is C34H22F8O. The predicted molar refractivity (Wildman–Crippen MR) is 145 cm³/mol. The smallest absolute Gasteiger partial charge is 0.429 e. The second-order valence-corrected chi connectivity index (χ2v) is 9.48. The molecule has 43 heavy (non-hydrogen) atoms. The number of hydrogen-bond acceptors (Lipinski definition) is 1. The minimum absolute atomic E-state index is 0.0124. The van der Waals surface area contributed by atoms with E-state index in [1.165, 1.54) is 12.1 Å². The summed E-state index contributed by atoms with van der Waals surface area (Å²) in [4.78, 5) is 0. The van der Waals surface area contributed by atoms with Crippen LogP contribution in [0.5, 0.6) is 5.75 Å². The van der Waals surface area contributed by atoms with Crippen LogP contribution in [-0.2, 0) is 12.5 Å². The maximum absolute atomic E-state index is 14.8. The van der Waals surface area contributed by atoms with Gasteiger partial charge in [-0.15, -0.1) is 0 Å². The highest BCUT2D eigenvalue weighted by molar-refractivity contribution is 5.47. The molecule has 0 bridgehead atoms. The fourth-order valence-corrected chi connectivity index (χ4v) is 3.99. The molecule has 1 nitrogen and oxygen atoms in total. The van der Waals surface area contributed by atoms with Crippen molar-refractivity contribution in [2.45, 2.75) is 38.7 Å². The Labute approximate surface area is 243 Å². The molecule has 220 valence electrons. The molecule has 0 aliphatic carbocycles. The van der Waals surface area contributed by atoms with Crippen LogP contribution in [0.3, 0.4) is 0 Å². The summed E-state index contributed by atoms with van der Waals surface area (Å²) in [5.41, 5.74) is -0.854. The number of benzene rings is 4. The summed E-state index contributed by atoms with van der Waals surface area (Å²) in [5, 5.41) is 0. The quantitative estimate of drug-likeness (QED) is 0.0892. The highest BCUT2D eigenvalue weighted by Crippen LogP contribution is 2.34. The van der Waals surface area contributed by atoms with E-state index in [0.29, 0.717) is 18.2 Å². The highest BCUT2D eigenvalue weighted by Gasteiger charge is 2.37. The molecule has 0 unspecified atom stereocenters. The maximum Gasteiger partial charge on any atom is 0.429 e. The van der Waals surface area contributed by atoms with Crippen molar-refractivity contribution in [2.75, 3.05) is 0 Å². The molecule has 9 heteroatoms. The van der Waals surface area contributed by atoms with Gasteiger partial charge in [0.15, 0.2) is 17.5 Å². The van der Waals surface area contributed by atoms with E-state index in [9.17, 15) is 35.1 Å². The monoisotopic (exact) mass is 598 g/mol. The lowest BCUT2D eigenvalue weighted by Gasteiger charge is -2.19. The zero-order valence-corrected chi connectivity index (χ0v) is 22.6. The van der Waals surface area contributed by atoms with Crippen molar-refractivity contribution in [3.63, 3.8) is 0 Å². The van der Waals surface area contributed by atoms with Crippen molar-refractivity contribution in [3.05, 3.63) is 135 Å². The molecule has 0 heterocycles. The maximum atomic E-state index is 14.8. The van der Waals surface area contributed by atoms with Gasteiger partial charge in [-0.25, -0.2) is 26.3 Å². The summed E-state index contributed by atoms with van der Waals surface area (Å²) in [7, 11) is 0. The van der Waals surface area contributed by atoms with E-state index >= 15 is 0 Å². The zero-order valence-electron chi connectivity index (χ0n) is 22.6. The van der Waals surface area contributed by atoms with Gasteiger partial charge in [-0.3, -0.25) is 0 Å². The second kappa shape index (κ2) is 13.5. The normalized spacial score (nSPS) is 10.9. The fraction of sp³-hybridized carbons (Fsp3) is 0.176. The molecule has 0 saturated carbocycles. The first-order chi connectivity index (χ1) is 20.5. The molecule has 0 spiro atoms. The number of alkyl halides is 2. The number of halogens is 8. The predicted octanol–water partition coefficient (Wildman–Crippen LogP) is 9.18. The van der Waals surface area contributed by atoms with Crippen molar-refractivity contribution in [3.8, 4) is 29.4 Å². The van der Waals surface area contributed by atoms with Gasteiger partial charge in [0, 0.05) is 17.2 Å². The van der Waals surface area contributed by atoms with Crippen LogP contribution in [0.25, 0.3) is 0 Å². The lowest BCUT2D eigenvalue weighted by atomic mass is 10.0. The number of rotatable bonds is 7. The summed E-state index contributed by atoms with van der Waals surface area (Å²) in [6, 6.07) is 11.0. The summed E-state index contributed by atoms with van der Waals surface area (Å²) in [6.07, 6.45) is -0.493. The molecular weight excluding hydrogens is 576 g/mol. The van der Waals surface area contributed by atoms with Crippen molar-refractivity contribution in [2.24, 2.45) is 0 Å². The Morgan fingerprint density at radius 2 is 1.21 bits per heavy atom. The van der Waals surface area contributed by atoms with Gasteiger partial charge in [-0.05, 0) is 73.0 Å². The van der Waals surface area contributed by atoms with E-state index in [0.717, 1.165) is 61.6 Å². The van der Waals surface area contributed by atoms with Crippen LogP contribution in [0.1, 0.15) is 59.6 Å². The molecule has 0 aromatic heterocycles. The minimum Gasteiger partial charge on any atom is -0.429 e. The second-order valence-electron chi connectivity index (χ2n) is 9.48. The Balaban J connectivity index is 1.47. The van der Waals surface area contributed by atoms with Gasteiger partial charge in [-0.2, -0.15) is 8.78 Å². The first-order valence-electron chi connectivity index (χ1n) is 13.1. The van der Waals surface area contributed by atoms with E-state index in [1.807, 2.05) is 0 Å². The average molecular weight is 599 g/mol. The zero-order chi connectivity index (χ0) is 31.1. The molecule has 4 rings (SSSR count). The molecule has 0 fully saturated rings. The number of aryl methyl sites for hydroxylation is 1. The summed E-state index contributed by atoms with van der Waals surface area (Å²) >= 11 is 0. The van der Waals surface area contributed by atoms with Crippen LogP contribution < -0.4 is 4.74 Å². The van der Waals surface area contributed by atoms with Gasteiger partial charge < -0.3 is 4.74 Å². The summed E-state index contributed by atoms with van der Waals surface area (Å²) < 4.78 is 117. The van der Waals surface area contributed by atoms with Gasteiger partial charge in [0.1, 0.15) is 28.8 Å². The van der Waals surface area contributed by atoms with Gasteiger partial charge in [0.05, 0.1) is 11.1 Å². The van der Waals surface area contributed by atoms with E-state index in [1.54, 1.807) is 6.07 Å². The largest absolute Gasteiger partial charge is 0.429 e. The molecule has 0 aliphatic rings. The SMILES string of the molecule is CCCCCc1ccc(C#Cc2ccc(C(F)(F)Oc3ccc(C#Cc4cc(F)c(F)c(F)c4)c(F)c3)c(F)c2)c(F)c1. The van der Waals surface area contributed by atoms with E-state index < -0.39 is 52.3 Å². The summed E-state index contributed by atoms with van der Waals surface area (Å²) in [5.74, 6) is 1.29. The fourth-order valence-electron chi connectivity index (χ4n) is 3.99. The van der Waals surface area contributed by atoms with E-state index in [2.05, 4.69) is 35.3 Å². The van der Waals surface area contributed by atoms with Gasteiger partial charge in [0.25, 0.3) is 0 Å². The topological polar surface area (TPSA) is 9.23 Å². The Morgan fingerprint density at radius 3 is 1.81 bits per heavy atom. The molecule has 0 N–H and O–H groups in total. The first kappa shape index (κ1) is 31.2. The van der Waals surface area contributed by atoms with Crippen LogP contribution >= 0.6 is 0 Å². The van der Waals surface area contributed by atoms with Crippen molar-refractivity contribution in [1.82, 2.24) is 0 Å². The Hall–Kier alpha value is -4.76. The van der Waals surface area contributed by atoms with Gasteiger partial charge in [-0.1, -0.05) is 49.5 Å². The molecule has 4 aromatic rings. The van der Waals surface area contributed by atoms with Crippen LogP contribution in [-0.4, -0.2) is 0 Å². The molecule has 0 saturated heterocycles. The minimum atomic E-state index is -4.22. The lowest BCUT2D eigenvalue weighted by molar-refractivity contribution is -0.187. The van der Waals surface area contributed by atoms with Crippen LogP contribution in [0.15, 0.2) is 66.7 Å². The highest BCUT2D eigenvalue weighted by atomic mass is 19.3. The molecule has 4 aromatic carbocycles. The van der Waals surface area contributed by atoms with Gasteiger partial charge in [0.2, 0.25) is 0 Å². The van der Waals surface area contributed by atoms with E-state index in [-0.39, 0.29) is 22.3 Å². The third-order valence-electron chi connectivity index (χ3n) is 6.24. The third-order valence-corrected chi connectivity index (χ3v) is 6.24. The number of ether oxygens (including phenoxy) is 1. The van der Waals surface area contributed by atoms with Crippen LogP contribution in [0.4, 0.5) is 35.1 Å². The van der Waals surface area contributed by atoms with Crippen LogP contribution in [0.2, 0.25) is 0 Å². The number of unbranched alkanes of at least 4 members (excludes halogenated alkanes) is 2. The van der Waals surface area contributed by atoms with E-state index in [4.69, 9.17) is 0 Å². The molecule has 0 atom stereocenters.